The summed E-state index contributed by atoms with van der Waals surface area (Å²) in [5.74, 6) is 0.682. The molecule has 3 aromatic rings. The minimum Gasteiger partial charge on any atom is -0.351 e. The van der Waals surface area contributed by atoms with Gasteiger partial charge in [0.2, 0.25) is 5.95 Å². The van der Waals surface area contributed by atoms with Crippen LogP contribution in [-0.4, -0.2) is 34.1 Å². The Hall–Kier alpha value is -2.53. The van der Waals surface area contributed by atoms with E-state index in [0.29, 0.717) is 18.0 Å². The van der Waals surface area contributed by atoms with Gasteiger partial charge in [-0.3, -0.25) is 0 Å². The number of aromatic nitrogens is 3. The second-order valence-corrected chi connectivity index (χ2v) is 7.13. The monoisotopic (exact) mass is 347 g/mol. The average Bonchev–Trinajstić information content (AvgIpc) is 2.68. The lowest BCUT2D eigenvalue weighted by Gasteiger charge is -2.28. The summed E-state index contributed by atoms with van der Waals surface area (Å²) in [5.41, 5.74) is 4.28. The summed E-state index contributed by atoms with van der Waals surface area (Å²) in [6, 6.07) is 11.6. The van der Waals surface area contributed by atoms with Crippen LogP contribution in [0.15, 0.2) is 42.7 Å². The molecule has 4 rings (SSSR count). The number of pyridine rings is 1. The zero-order valence-corrected chi connectivity index (χ0v) is 15.4. The van der Waals surface area contributed by atoms with Crippen molar-refractivity contribution >= 4 is 17.0 Å². The van der Waals surface area contributed by atoms with Crippen LogP contribution in [0.1, 0.15) is 31.2 Å². The highest BCUT2D eigenvalue weighted by atomic mass is 15.1. The Morgan fingerprint density at radius 1 is 0.962 bits per heavy atom. The second kappa shape index (κ2) is 7.38. The molecular weight excluding hydrogens is 322 g/mol. The van der Waals surface area contributed by atoms with Gasteiger partial charge in [0.25, 0.3) is 0 Å². The van der Waals surface area contributed by atoms with E-state index in [9.17, 15) is 0 Å². The molecule has 0 bridgehead atoms. The number of nitrogens with zero attached hydrogens (tertiary/aromatic N) is 3. The molecule has 0 saturated heterocycles. The summed E-state index contributed by atoms with van der Waals surface area (Å²) in [4.78, 5) is 13.7. The predicted molar refractivity (Wildman–Crippen MR) is 106 cm³/mol. The van der Waals surface area contributed by atoms with Crippen LogP contribution >= 0.6 is 0 Å². The number of aryl methyl sites for hydroxylation is 1. The first kappa shape index (κ1) is 16.9. The fourth-order valence-corrected chi connectivity index (χ4v) is 3.75. The topological polar surface area (TPSA) is 62.7 Å². The number of anilines is 1. The molecule has 2 N–H and O–H groups in total. The first-order valence-electron chi connectivity index (χ1n) is 9.35. The lowest BCUT2D eigenvalue weighted by atomic mass is 9.91. The third-order valence-corrected chi connectivity index (χ3v) is 5.36. The van der Waals surface area contributed by atoms with E-state index in [2.05, 4.69) is 62.8 Å². The quantitative estimate of drug-likeness (QED) is 0.748. The minimum atomic E-state index is 0.447. The SMILES string of the molecule is CNC1CCC(Nc2ncc3cc(-c4ccccc4C)cnc3n2)CC1. The van der Waals surface area contributed by atoms with E-state index >= 15 is 0 Å². The van der Waals surface area contributed by atoms with Gasteiger partial charge in [0.15, 0.2) is 5.65 Å². The molecule has 0 radical (unpaired) electrons. The highest BCUT2D eigenvalue weighted by Gasteiger charge is 2.20. The summed E-state index contributed by atoms with van der Waals surface area (Å²) in [5, 5.41) is 7.82. The molecule has 1 aromatic carbocycles. The molecule has 134 valence electrons. The van der Waals surface area contributed by atoms with Gasteiger partial charge >= 0.3 is 0 Å². The molecule has 5 nitrogen and oxygen atoms in total. The molecule has 5 heteroatoms. The van der Waals surface area contributed by atoms with Crippen LogP contribution in [0.4, 0.5) is 5.95 Å². The normalized spacial score (nSPS) is 20.2. The first-order chi connectivity index (χ1) is 12.7. The van der Waals surface area contributed by atoms with Crippen molar-refractivity contribution in [3.63, 3.8) is 0 Å². The molecule has 2 aromatic heterocycles. The van der Waals surface area contributed by atoms with Crippen LogP contribution in [0, 0.1) is 6.92 Å². The van der Waals surface area contributed by atoms with Gasteiger partial charge in [0.1, 0.15) is 0 Å². The van der Waals surface area contributed by atoms with Gasteiger partial charge in [0.05, 0.1) is 0 Å². The van der Waals surface area contributed by atoms with Crippen LogP contribution in [-0.2, 0) is 0 Å². The molecule has 1 fully saturated rings. The van der Waals surface area contributed by atoms with E-state index in [0.717, 1.165) is 29.4 Å². The summed E-state index contributed by atoms with van der Waals surface area (Å²) in [6.45, 7) is 2.12. The number of nitrogens with one attached hydrogen (secondary N) is 2. The molecule has 0 spiro atoms. The standard InChI is InChI=1S/C21H25N5/c1-14-5-3-4-6-19(14)15-11-16-13-24-21(26-20(16)23-12-15)25-18-9-7-17(22-2)8-10-18/h3-6,11-13,17-18,22H,7-10H2,1-2H3,(H,23,24,25,26). The lowest BCUT2D eigenvalue weighted by Crippen LogP contribution is -2.35. The Balaban J connectivity index is 1.53. The summed E-state index contributed by atoms with van der Waals surface area (Å²) < 4.78 is 0. The van der Waals surface area contributed by atoms with Crippen molar-refractivity contribution in [2.24, 2.45) is 0 Å². The zero-order valence-electron chi connectivity index (χ0n) is 15.4. The highest BCUT2D eigenvalue weighted by Crippen LogP contribution is 2.26. The zero-order chi connectivity index (χ0) is 17.9. The average molecular weight is 347 g/mol. The van der Waals surface area contributed by atoms with Gasteiger partial charge < -0.3 is 10.6 Å². The molecular formula is C21H25N5. The maximum absolute atomic E-state index is 4.62. The Morgan fingerprint density at radius 2 is 1.73 bits per heavy atom. The predicted octanol–water partition coefficient (Wildman–Crippen LogP) is 3.94. The third kappa shape index (κ3) is 3.53. The number of benzene rings is 1. The van der Waals surface area contributed by atoms with E-state index < -0.39 is 0 Å². The molecule has 1 aliphatic carbocycles. The number of hydrogen-bond acceptors (Lipinski definition) is 5. The summed E-state index contributed by atoms with van der Waals surface area (Å²) >= 11 is 0. The Morgan fingerprint density at radius 3 is 2.50 bits per heavy atom. The molecule has 0 unspecified atom stereocenters. The highest BCUT2D eigenvalue weighted by molar-refractivity contribution is 5.81. The van der Waals surface area contributed by atoms with E-state index in [1.54, 1.807) is 0 Å². The van der Waals surface area contributed by atoms with Gasteiger partial charge in [0, 0.05) is 35.4 Å². The molecule has 0 amide bonds. The maximum atomic E-state index is 4.62. The van der Waals surface area contributed by atoms with Crippen molar-refractivity contribution in [2.75, 3.05) is 12.4 Å². The second-order valence-electron chi connectivity index (χ2n) is 7.13. The number of rotatable bonds is 4. The van der Waals surface area contributed by atoms with Gasteiger partial charge in [-0.25, -0.2) is 9.97 Å². The van der Waals surface area contributed by atoms with Crippen LogP contribution < -0.4 is 10.6 Å². The Bertz CT molecular complexity index is 900. The fraction of sp³-hybridized carbons (Fsp3) is 0.381. The Kier molecular flexibility index (Phi) is 4.80. The van der Waals surface area contributed by atoms with Gasteiger partial charge in [-0.2, -0.15) is 4.98 Å². The van der Waals surface area contributed by atoms with Crippen LogP contribution in [0.3, 0.4) is 0 Å². The minimum absolute atomic E-state index is 0.447. The number of hydrogen-bond donors (Lipinski definition) is 2. The van der Waals surface area contributed by atoms with Crippen molar-refractivity contribution in [2.45, 2.75) is 44.7 Å². The van der Waals surface area contributed by atoms with Gasteiger partial charge in [-0.1, -0.05) is 24.3 Å². The molecule has 0 atom stereocenters. The molecule has 26 heavy (non-hydrogen) atoms. The van der Waals surface area contributed by atoms with Crippen molar-refractivity contribution in [1.29, 1.82) is 0 Å². The molecule has 0 aliphatic heterocycles. The van der Waals surface area contributed by atoms with Gasteiger partial charge in [-0.15, -0.1) is 0 Å². The molecule has 1 saturated carbocycles. The van der Waals surface area contributed by atoms with E-state index in [1.807, 2.05) is 19.4 Å². The fourth-order valence-electron chi connectivity index (χ4n) is 3.75. The van der Waals surface area contributed by atoms with Crippen molar-refractivity contribution in [3.8, 4) is 11.1 Å². The molecule has 1 aliphatic rings. The largest absolute Gasteiger partial charge is 0.351 e. The lowest BCUT2D eigenvalue weighted by molar-refractivity contribution is 0.370. The van der Waals surface area contributed by atoms with Crippen molar-refractivity contribution in [1.82, 2.24) is 20.3 Å². The van der Waals surface area contributed by atoms with Crippen LogP contribution in [0.2, 0.25) is 0 Å². The molecule has 2 heterocycles. The van der Waals surface area contributed by atoms with Crippen molar-refractivity contribution in [3.05, 3.63) is 48.3 Å². The third-order valence-electron chi connectivity index (χ3n) is 5.36. The summed E-state index contributed by atoms with van der Waals surface area (Å²) in [7, 11) is 2.04. The maximum Gasteiger partial charge on any atom is 0.224 e. The number of fused-ring (bicyclic) bond motifs is 1. The van der Waals surface area contributed by atoms with Crippen LogP contribution in [0.25, 0.3) is 22.2 Å². The van der Waals surface area contributed by atoms with E-state index in [1.165, 1.54) is 24.0 Å². The van der Waals surface area contributed by atoms with Crippen LogP contribution in [0.5, 0.6) is 0 Å². The summed E-state index contributed by atoms with van der Waals surface area (Å²) in [6.07, 6.45) is 8.46. The van der Waals surface area contributed by atoms with E-state index in [-0.39, 0.29) is 0 Å². The smallest absolute Gasteiger partial charge is 0.224 e. The van der Waals surface area contributed by atoms with Gasteiger partial charge in [-0.05, 0) is 56.8 Å². The first-order valence-corrected chi connectivity index (χ1v) is 9.35. The Labute approximate surface area is 154 Å². The van der Waals surface area contributed by atoms with Crippen molar-refractivity contribution < 1.29 is 0 Å². The van der Waals surface area contributed by atoms with E-state index in [4.69, 9.17) is 0 Å².